The summed E-state index contributed by atoms with van der Waals surface area (Å²) < 4.78 is 0. The zero-order chi connectivity index (χ0) is 13.0. The summed E-state index contributed by atoms with van der Waals surface area (Å²) in [6.45, 7) is 4.10. The molecule has 1 aliphatic rings. The van der Waals surface area contributed by atoms with E-state index in [-0.39, 0.29) is 0 Å². The lowest BCUT2D eigenvalue weighted by molar-refractivity contribution is 0.139. The van der Waals surface area contributed by atoms with Crippen molar-refractivity contribution in [1.82, 2.24) is 9.80 Å². The second-order valence-electron chi connectivity index (χ2n) is 5.47. The summed E-state index contributed by atoms with van der Waals surface area (Å²) in [4.78, 5) is 4.90. The summed E-state index contributed by atoms with van der Waals surface area (Å²) in [7, 11) is 4.45. The minimum absolute atomic E-state index is 0.631. The molecule has 1 aliphatic heterocycles. The van der Waals surface area contributed by atoms with Crippen molar-refractivity contribution in [3.05, 3.63) is 35.4 Å². The van der Waals surface area contributed by atoms with E-state index in [1.165, 1.54) is 37.1 Å². The van der Waals surface area contributed by atoms with Gasteiger partial charge in [-0.05, 0) is 51.2 Å². The van der Waals surface area contributed by atoms with Crippen LogP contribution in [0.4, 0.5) is 0 Å². The number of piperidine rings is 1. The van der Waals surface area contributed by atoms with Gasteiger partial charge in [-0.2, -0.15) is 0 Å². The van der Waals surface area contributed by atoms with E-state index >= 15 is 0 Å². The van der Waals surface area contributed by atoms with Gasteiger partial charge in [0, 0.05) is 19.1 Å². The number of hydrogen-bond donors (Lipinski definition) is 1. The van der Waals surface area contributed by atoms with Crippen LogP contribution in [0.3, 0.4) is 0 Å². The van der Waals surface area contributed by atoms with Crippen molar-refractivity contribution in [3.63, 3.8) is 0 Å². The monoisotopic (exact) mass is 247 g/mol. The smallest absolute Gasteiger partial charge is 0.0233 e. The minimum Gasteiger partial charge on any atom is -0.326 e. The first kappa shape index (κ1) is 13.5. The average molecular weight is 247 g/mol. The second-order valence-corrected chi connectivity index (χ2v) is 5.47. The predicted molar refractivity (Wildman–Crippen MR) is 76.3 cm³/mol. The molecule has 1 heterocycles. The lowest BCUT2D eigenvalue weighted by Crippen LogP contribution is -2.41. The topological polar surface area (TPSA) is 32.5 Å². The summed E-state index contributed by atoms with van der Waals surface area (Å²) >= 11 is 0. The largest absolute Gasteiger partial charge is 0.326 e. The Morgan fingerprint density at radius 3 is 2.61 bits per heavy atom. The van der Waals surface area contributed by atoms with Crippen molar-refractivity contribution in [2.45, 2.75) is 32.0 Å². The van der Waals surface area contributed by atoms with E-state index < -0.39 is 0 Å². The molecule has 3 heteroatoms. The molecule has 0 saturated carbocycles. The standard InChI is InChI=1S/C15H25N3/c1-17-8-6-15(7-9-17)18(2)12-14-5-3-4-13(10-14)11-16/h3-5,10,15H,6-9,11-12,16H2,1-2H3. The normalized spacial score (nSPS) is 18.4. The lowest BCUT2D eigenvalue weighted by atomic mass is 10.0. The summed E-state index contributed by atoms with van der Waals surface area (Å²) in [5.41, 5.74) is 8.29. The molecule has 0 aromatic heterocycles. The van der Waals surface area contributed by atoms with E-state index in [9.17, 15) is 0 Å². The first-order valence-corrected chi connectivity index (χ1v) is 6.85. The number of rotatable bonds is 4. The molecule has 1 fully saturated rings. The van der Waals surface area contributed by atoms with Gasteiger partial charge in [0.25, 0.3) is 0 Å². The van der Waals surface area contributed by atoms with Crippen LogP contribution in [0.5, 0.6) is 0 Å². The van der Waals surface area contributed by atoms with Crippen LogP contribution in [0, 0.1) is 0 Å². The molecular formula is C15H25N3. The third-order valence-electron chi connectivity index (χ3n) is 3.97. The quantitative estimate of drug-likeness (QED) is 0.878. The fourth-order valence-electron chi connectivity index (χ4n) is 2.71. The second kappa shape index (κ2) is 6.32. The van der Waals surface area contributed by atoms with Crippen LogP contribution in [0.15, 0.2) is 24.3 Å². The average Bonchev–Trinajstić information content (AvgIpc) is 2.39. The molecule has 2 N–H and O–H groups in total. The molecule has 0 bridgehead atoms. The van der Waals surface area contributed by atoms with Crippen molar-refractivity contribution < 1.29 is 0 Å². The Morgan fingerprint density at radius 1 is 1.28 bits per heavy atom. The van der Waals surface area contributed by atoms with Gasteiger partial charge in [-0.15, -0.1) is 0 Å². The molecular weight excluding hydrogens is 222 g/mol. The van der Waals surface area contributed by atoms with Crippen molar-refractivity contribution >= 4 is 0 Å². The lowest BCUT2D eigenvalue weighted by Gasteiger charge is -2.35. The van der Waals surface area contributed by atoms with Crippen LogP contribution in [0.1, 0.15) is 24.0 Å². The van der Waals surface area contributed by atoms with E-state index in [4.69, 9.17) is 5.73 Å². The minimum atomic E-state index is 0.631. The predicted octanol–water partition coefficient (Wildman–Crippen LogP) is 1.67. The number of benzene rings is 1. The molecule has 0 radical (unpaired) electrons. The van der Waals surface area contributed by atoms with E-state index in [0.717, 1.165) is 12.6 Å². The van der Waals surface area contributed by atoms with Crippen molar-refractivity contribution in [1.29, 1.82) is 0 Å². The van der Waals surface area contributed by atoms with Gasteiger partial charge in [0.1, 0.15) is 0 Å². The van der Waals surface area contributed by atoms with Gasteiger partial charge >= 0.3 is 0 Å². The Bertz CT molecular complexity index is 370. The van der Waals surface area contributed by atoms with E-state index in [2.05, 4.69) is 48.2 Å². The third kappa shape index (κ3) is 3.55. The number of hydrogen-bond acceptors (Lipinski definition) is 3. The Balaban J connectivity index is 1.91. The first-order chi connectivity index (χ1) is 8.69. The Labute approximate surface area is 111 Å². The summed E-state index contributed by atoms with van der Waals surface area (Å²) in [6.07, 6.45) is 2.56. The molecule has 0 spiro atoms. The molecule has 0 amide bonds. The molecule has 1 saturated heterocycles. The molecule has 100 valence electrons. The fraction of sp³-hybridized carbons (Fsp3) is 0.600. The Morgan fingerprint density at radius 2 is 1.94 bits per heavy atom. The van der Waals surface area contributed by atoms with Gasteiger partial charge in [0.2, 0.25) is 0 Å². The molecule has 1 aromatic carbocycles. The zero-order valence-electron chi connectivity index (χ0n) is 11.6. The summed E-state index contributed by atoms with van der Waals surface area (Å²) in [5.74, 6) is 0. The van der Waals surface area contributed by atoms with Crippen molar-refractivity contribution in [3.8, 4) is 0 Å². The Kier molecular flexibility index (Phi) is 4.75. The summed E-state index contributed by atoms with van der Waals surface area (Å²) in [5, 5.41) is 0. The maximum atomic E-state index is 5.69. The maximum absolute atomic E-state index is 5.69. The third-order valence-corrected chi connectivity index (χ3v) is 3.97. The fourth-order valence-corrected chi connectivity index (χ4v) is 2.71. The van der Waals surface area contributed by atoms with E-state index in [1.807, 2.05) is 0 Å². The van der Waals surface area contributed by atoms with Crippen LogP contribution in [0.25, 0.3) is 0 Å². The molecule has 0 atom stereocenters. The van der Waals surface area contributed by atoms with Crippen LogP contribution < -0.4 is 5.73 Å². The van der Waals surface area contributed by atoms with Crippen LogP contribution in [-0.2, 0) is 13.1 Å². The van der Waals surface area contributed by atoms with Crippen LogP contribution in [0.2, 0.25) is 0 Å². The number of likely N-dealkylation sites (tertiary alicyclic amines) is 1. The summed E-state index contributed by atoms with van der Waals surface area (Å²) in [6, 6.07) is 9.36. The van der Waals surface area contributed by atoms with Crippen molar-refractivity contribution in [2.24, 2.45) is 5.73 Å². The molecule has 1 aromatic rings. The molecule has 3 nitrogen and oxygen atoms in total. The van der Waals surface area contributed by atoms with Gasteiger partial charge < -0.3 is 10.6 Å². The highest BCUT2D eigenvalue weighted by Gasteiger charge is 2.20. The maximum Gasteiger partial charge on any atom is 0.0233 e. The van der Waals surface area contributed by atoms with Crippen LogP contribution >= 0.6 is 0 Å². The Hall–Kier alpha value is -0.900. The zero-order valence-corrected chi connectivity index (χ0v) is 11.6. The van der Waals surface area contributed by atoms with Gasteiger partial charge in [0.15, 0.2) is 0 Å². The highest BCUT2D eigenvalue weighted by Crippen LogP contribution is 2.17. The van der Waals surface area contributed by atoms with Gasteiger partial charge in [-0.3, -0.25) is 4.90 Å². The van der Waals surface area contributed by atoms with Gasteiger partial charge in [-0.25, -0.2) is 0 Å². The van der Waals surface area contributed by atoms with Gasteiger partial charge in [-0.1, -0.05) is 24.3 Å². The molecule has 2 rings (SSSR count). The highest BCUT2D eigenvalue weighted by atomic mass is 15.2. The SMILES string of the molecule is CN1CCC(N(C)Cc2cccc(CN)c2)CC1. The van der Waals surface area contributed by atoms with E-state index in [0.29, 0.717) is 6.54 Å². The first-order valence-electron chi connectivity index (χ1n) is 6.85. The van der Waals surface area contributed by atoms with Crippen molar-refractivity contribution in [2.75, 3.05) is 27.2 Å². The van der Waals surface area contributed by atoms with Gasteiger partial charge in [0.05, 0.1) is 0 Å². The number of nitrogens with zero attached hydrogens (tertiary/aromatic N) is 2. The van der Waals surface area contributed by atoms with Crippen LogP contribution in [-0.4, -0.2) is 43.0 Å². The molecule has 18 heavy (non-hydrogen) atoms. The molecule has 0 aliphatic carbocycles. The van der Waals surface area contributed by atoms with E-state index in [1.54, 1.807) is 0 Å². The molecule has 0 unspecified atom stereocenters. The number of nitrogens with two attached hydrogens (primary N) is 1. The highest BCUT2D eigenvalue weighted by molar-refractivity contribution is 5.23.